The molecule has 0 amide bonds. The number of ether oxygens (including phenoxy) is 1. The minimum atomic E-state index is 0. The van der Waals surface area contributed by atoms with Crippen molar-refractivity contribution in [3.8, 4) is 0 Å². The van der Waals surface area contributed by atoms with E-state index in [4.69, 9.17) is 4.74 Å². The van der Waals surface area contributed by atoms with Crippen LogP contribution in [-0.4, -0.2) is 63.3 Å². The van der Waals surface area contributed by atoms with Crippen molar-refractivity contribution in [1.29, 1.82) is 0 Å². The molecule has 0 aromatic heterocycles. The van der Waals surface area contributed by atoms with Crippen molar-refractivity contribution in [2.75, 3.05) is 46.4 Å². The van der Waals surface area contributed by atoms with Gasteiger partial charge in [-0.25, -0.2) is 0 Å². The molecular formula is C18H39IN4O. The summed E-state index contributed by atoms with van der Waals surface area (Å²) in [6.07, 6.45) is 6.57. The van der Waals surface area contributed by atoms with Gasteiger partial charge < -0.3 is 20.3 Å². The number of hydrogen-bond acceptors (Lipinski definition) is 3. The maximum atomic E-state index is 5.78. The van der Waals surface area contributed by atoms with E-state index in [0.29, 0.717) is 12.0 Å². The van der Waals surface area contributed by atoms with E-state index in [1.165, 1.54) is 45.3 Å². The summed E-state index contributed by atoms with van der Waals surface area (Å²) in [5.74, 6) is 1.46. The van der Waals surface area contributed by atoms with Crippen molar-refractivity contribution in [1.82, 2.24) is 15.5 Å². The molecule has 1 fully saturated rings. The highest BCUT2D eigenvalue weighted by molar-refractivity contribution is 14.0. The predicted molar refractivity (Wildman–Crippen MR) is 115 cm³/mol. The smallest absolute Gasteiger partial charge is 0.190 e. The third kappa shape index (κ3) is 10.7. The highest BCUT2D eigenvalue weighted by Gasteiger charge is 2.13. The number of rotatable bonds is 11. The Balaban J connectivity index is 0.00000529. The lowest BCUT2D eigenvalue weighted by molar-refractivity contribution is 0.0258. The molecule has 1 rings (SSSR count). The predicted octanol–water partition coefficient (Wildman–Crippen LogP) is 3.10. The summed E-state index contributed by atoms with van der Waals surface area (Å²) in [7, 11) is 1.84. The molecule has 6 heteroatoms. The van der Waals surface area contributed by atoms with Gasteiger partial charge in [-0.15, -0.1) is 24.0 Å². The van der Waals surface area contributed by atoms with Gasteiger partial charge in [0.2, 0.25) is 0 Å². The van der Waals surface area contributed by atoms with Crippen molar-refractivity contribution in [2.24, 2.45) is 10.9 Å². The highest BCUT2D eigenvalue weighted by Crippen LogP contribution is 2.10. The van der Waals surface area contributed by atoms with Crippen molar-refractivity contribution >= 4 is 29.9 Å². The summed E-state index contributed by atoms with van der Waals surface area (Å²) < 4.78 is 5.78. The van der Waals surface area contributed by atoms with Crippen LogP contribution in [0.2, 0.25) is 0 Å². The maximum Gasteiger partial charge on any atom is 0.190 e. The molecule has 1 unspecified atom stereocenters. The zero-order valence-corrected chi connectivity index (χ0v) is 18.5. The van der Waals surface area contributed by atoms with E-state index in [9.17, 15) is 0 Å². The van der Waals surface area contributed by atoms with Crippen molar-refractivity contribution < 1.29 is 4.74 Å². The van der Waals surface area contributed by atoms with E-state index >= 15 is 0 Å². The average Bonchev–Trinajstić information content (AvgIpc) is 3.05. The lowest BCUT2D eigenvalue weighted by atomic mass is 10.0. The summed E-state index contributed by atoms with van der Waals surface area (Å²) in [6, 6.07) is 0. The van der Waals surface area contributed by atoms with Gasteiger partial charge in [-0.1, -0.05) is 13.8 Å². The summed E-state index contributed by atoms with van der Waals surface area (Å²) >= 11 is 0. The van der Waals surface area contributed by atoms with Gasteiger partial charge in [0.1, 0.15) is 0 Å². The van der Waals surface area contributed by atoms with Crippen LogP contribution in [0, 0.1) is 5.92 Å². The van der Waals surface area contributed by atoms with E-state index in [1.807, 2.05) is 7.05 Å². The van der Waals surface area contributed by atoms with E-state index in [0.717, 1.165) is 32.1 Å². The number of hydrogen-bond donors (Lipinski definition) is 2. The number of nitrogens with one attached hydrogen (secondary N) is 2. The van der Waals surface area contributed by atoms with Crippen LogP contribution in [0.4, 0.5) is 0 Å². The summed E-state index contributed by atoms with van der Waals surface area (Å²) in [4.78, 5) is 6.87. The van der Waals surface area contributed by atoms with Crippen LogP contribution >= 0.6 is 24.0 Å². The zero-order chi connectivity index (χ0) is 16.9. The molecule has 1 atom stereocenters. The Labute approximate surface area is 166 Å². The number of nitrogens with zero attached hydrogens (tertiary/aromatic N) is 2. The number of guanidine groups is 1. The minimum Gasteiger partial charge on any atom is -0.378 e. The minimum absolute atomic E-state index is 0. The van der Waals surface area contributed by atoms with E-state index in [2.05, 4.69) is 41.3 Å². The van der Waals surface area contributed by atoms with Crippen LogP contribution in [0.25, 0.3) is 0 Å². The second-order valence-electron chi connectivity index (χ2n) is 6.71. The fourth-order valence-electron chi connectivity index (χ4n) is 3.05. The Kier molecular flexibility index (Phi) is 15.1. The first-order valence-corrected chi connectivity index (χ1v) is 9.45. The Bertz CT molecular complexity index is 320. The lowest BCUT2D eigenvalue weighted by Crippen LogP contribution is -2.39. The molecule has 0 spiro atoms. The summed E-state index contributed by atoms with van der Waals surface area (Å²) in [6.45, 7) is 13.0. The van der Waals surface area contributed by atoms with Gasteiger partial charge in [0.15, 0.2) is 5.96 Å². The van der Waals surface area contributed by atoms with Crippen molar-refractivity contribution in [3.63, 3.8) is 0 Å². The number of halogens is 1. The third-order valence-corrected chi connectivity index (χ3v) is 4.46. The molecule has 0 saturated carbocycles. The van der Waals surface area contributed by atoms with E-state index < -0.39 is 0 Å². The van der Waals surface area contributed by atoms with Gasteiger partial charge in [-0.05, 0) is 64.6 Å². The standard InChI is InChI=1S/C18H38N4O.HI/c1-5-23-17(16(2)3)10-12-21-18(19-4)20-11-6-7-13-22-14-8-9-15-22;/h16-17H,5-15H2,1-4H3,(H2,19,20,21);1H. The fourth-order valence-corrected chi connectivity index (χ4v) is 3.05. The first-order chi connectivity index (χ1) is 11.2. The SMILES string of the molecule is CCOC(CCNC(=NC)NCCCCN1CCCC1)C(C)C.I. The second kappa shape index (κ2) is 15.2. The monoisotopic (exact) mass is 454 g/mol. The molecule has 1 aliphatic heterocycles. The largest absolute Gasteiger partial charge is 0.378 e. The van der Waals surface area contributed by atoms with Crippen LogP contribution < -0.4 is 10.6 Å². The zero-order valence-electron chi connectivity index (χ0n) is 16.1. The highest BCUT2D eigenvalue weighted by atomic mass is 127. The van der Waals surface area contributed by atoms with E-state index in [-0.39, 0.29) is 24.0 Å². The Hall–Kier alpha value is -0.0800. The molecule has 144 valence electrons. The molecule has 0 bridgehead atoms. The van der Waals surface area contributed by atoms with Gasteiger partial charge in [0.25, 0.3) is 0 Å². The third-order valence-electron chi connectivity index (χ3n) is 4.46. The van der Waals surface area contributed by atoms with Gasteiger partial charge in [0.05, 0.1) is 6.10 Å². The molecule has 1 heterocycles. The average molecular weight is 454 g/mol. The molecule has 2 N–H and O–H groups in total. The Morgan fingerprint density at radius 3 is 2.38 bits per heavy atom. The molecule has 0 aliphatic carbocycles. The molecule has 5 nitrogen and oxygen atoms in total. The van der Waals surface area contributed by atoms with Gasteiger partial charge in [-0.3, -0.25) is 4.99 Å². The topological polar surface area (TPSA) is 48.9 Å². The molecule has 0 aromatic carbocycles. The number of unbranched alkanes of at least 4 members (excludes halogenated alkanes) is 1. The second-order valence-corrected chi connectivity index (χ2v) is 6.71. The number of aliphatic imine (C=N–C) groups is 1. The maximum absolute atomic E-state index is 5.78. The van der Waals surface area contributed by atoms with Crippen LogP contribution in [0.3, 0.4) is 0 Å². The Morgan fingerprint density at radius 1 is 1.12 bits per heavy atom. The van der Waals surface area contributed by atoms with Crippen molar-refractivity contribution in [3.05, 3.63) is 0 Å². The fraction of sp³-hybridized carbons (Fsp3) is 0.944. The molecule has 0 radical (unpaired) electrons. The summed E-state index contributed by atoms with van der Waals surface area (Å²) in [5.41, 5.74) is 0. The Morgan fingerprint density at radius 2 is 1.79 bits per heavy atom. The first-order valence-electron chi connectivity index (χ1n) is 9.45. The van der Waals surface area contributed by atoms with Crippen molar-refractivity contribution in [2.45, 2.75) is 59.0 Å². The van der Waals surface area contributed by atoms with Crippen LogP contribution in [0.15, 0.2) is 4.99 Å². The van der Waals surface area contributed by atoms with Gasteiger partial charge >= 0.3 is 0 Å². The normalized spacial score (nSPS) is 17.0. The molecule has 24 heavy (non-hydrogen) atoms. The van der Waals surface area contributed by atoms with Crippen LogP contribution in [0.5, 0.6) is 0 Å². The lowest BCUT2D eigenvalue weighted by Gasteiger charge is -2.21. The summed E-state index contributed by atoms with van der Waals surface area (Å²) in [5, 5.41) is 6.80. The van der Waals surface area contributed by atoms with Crippen LogP contribution in [0.1, 0.15) is 52.9 Å². The van der Waals surface area contributed by atoms with Gasteiger partial charge in [-0.2, -0.15) is 0 Å². The quantitative estimate of drug-likeness (QED) is 0.218. The molecular weight excluding hydrogens is 415 g/mol. The van der Waals surface area contributed by atoms with Crippen LogP contribution in [-0.2, 0) is 4.74 Å². The molecule has 1 aliphatic rings. The first kappa shape index (κ1) is 23.9. The molecule has 0 aromatic rings. The number of likely N-dealkylation sites (tertiary alicyclic amines) is 1. The van der Waals surface area contributed by atoms with E-state index in [1.54, 1.807) is 0 Å². The van der Waals surface area contributed by atoms with Gasteiger partial charge in [0, 0.05) is 26.7 Å². The molecule has 1 saturated heterocycles.